The summed E-state index contributed by atoms with van der Waals surface area (Å²) < 4.78 is 16.7. The minimum absolute atomic E-state index is 0.283. The first kappa shape index (κ1) is 29.1. The molecule has 0 aliphatic rings. The number of ether oxygens (including phenoxy) is 3. The van der Waals surface area contributed by atoms with Crippen molar-refractivity contribution in [1.82, 2.24) is 4.90 Å². The van der Waals surface area contributed by atoms with Gasteiger partial charge in [-0.25, -0.2) is 9.59 Å². The maximum atomic E-state index is 12.9. The third kappa shape index (κ3) is 10.5. The van der Waals surface area contributed by atoms with Crippen LogP contribution in [0.15, 0.2) is 89.8 Å². The van der Waals surface area contributed by atoms with Crippen LogP contribution >= 0.6 is 11.8 Å². The van der Waals surface area contributed by atoms with Crippen molar-refractivity contribution in [2.24, 2.45) is 0 Å². The number of carboxylic acids is 1. The normalized spacial score (nSPS) is 11.5. The quantitative estimate of drug-likeness (QED) is 0.173. The zero-order chi connectivity index (χ0) is 27.0. The summed E-state index contributed by atoms with van der Waals surface area (Å²) >= 11 is 1.81. The lowest BCUT2D eigenvalue weighted by atomic mass is 10.1. The van der Waals surface area contributed by atoms with Crippen molar-refractivity contribution < 1.29 is 28.9 Å². The van der Waals surface area contributed by atoms with E-state index in [2.05, 4.69) is 12.1 Å². The molecule has 0 aliphatic carbocycles. The van der Waals surface area contributed by atoms with Crippen LogP contribution in [0.25, 0.3) is 0 Å². The molecule has 0 radical (unpaired) electrons. The summed E-state index contributed by atoms with van der Waals surface area (Å²) in [6, 6.07) is 26.6. The Kier molecular flexibility index (Phi) is 12.5. The van der Waals surface area contributed by atoms with Crippen LogP contribution in [0.5, 0.6) is 11.5 Å². The van der Waals surface area contributed by atoms with Crippen molar-refractivity contribution in [3.63, 3.8) is 0 Å². The predicted molar refractivity (Wildman–Crippen MR) is 149 cm³/mol. The molecule has 1 unspecified atom stereocenters. The van der Waals surface area contributed by atoms with Gasteiger partial charge < -0.3 is 24.2 Å². The Morgan fingerprint density at radius 2 is 1.55 bits per heavy atom. The molecule has 1 N–H and O–H groups in total. The van der Waals surface area contributed by atoms with Crippen LogP contribution in [-0.2, 0) is 16.0 Å². The molecule has 0 aliphatic heterocycles. The van der Waals surface area contributed by atoms with E-state index in [1.165, 1.54) is 4.90 Å². The molecule has 202 valence electrons. The summed E-state index contributed by atoms with van der Waals surface area (Å²) in [5.74, 6) is 1.15. The molecular formula is C30H35NO6S. The lowest BCUT2D eigenvalue weighted by molar-refractivity contribution is -0.149. The number of nitrogens with zero attached hydrogens (tertiary/aromatic N) is 1. The molecule has 3 rings (SSSR count). The maximum Gasteiger partial charge on any atom is 0.415 e. The Labute approximate surface area is 228 Å². The number of thioether (sulfide) groups is 1. The first-order chi connectivity index (χ1) is 18.5. The topological polar surface area (TPSA) is 85.3 Å². The molecule has 1 atom stereocenters. The van der Waals surface area contributed by atoms with Gasteiger partial charge >= 0.3 is 12.1 Å². The number of carbonyl (C=O) groups is 2. The van der Waals surface area contributed by atoms with Gasteiger partial charge in [0, 0.05) is 24.5 Å². The fourth-order valence-corrected chi connectivity index (χ4v) is 4.62. The molecule has 0 saturated carbocycles. The van der Waals surface area contributed by atoms with E-state index in [1.54, 1.807) is 36.1 Å². The molecule has 0 saturated heterocycles. The Bertz CT molecular complexity index is 1090. The van der Waals surface area contributed by atoms with Crippen LogP contribution in [0, 0.1) is 0 Å². The summed E-state index contributed by atoms with van der Waals surface area (Å²) in [7, 11) is 0. The predicted octanol–water partition coefficient (Wildman–Crippen LogP) is 6.17. The Hall–Kier alpha value is -3.49. The highest BCUT2D eigenvalue weighted by Gasteiger charge is 2.18. The summed E-state index contributed by atoms with van der Waals surface area (Å²) in [4.78, 5) is 27.1. The number of hydrogen-bond donors (Lipinski definition) is 1. The molecule has 0 bridgehead atoms. The highest BCUT2D eigenvalue weighted by atomic mass is 32.2. The molecule has 0 heterocycles. The molecule has 3 aromatic carbocycles. The minimum atomic E-state index is -0.978. The van der Waals surface area contributed by atoms with Crippen molar-refractivity contribution in [2.45, 2.75) is 37.2 Å². The van der Waals surface area contributed by atoms with Crippen molar-refractivity contribution in [3.8, 4) is 11.5 Å². The van der Waals surface area contributed by atoms with Crippen LogP contribution < -0.4 is 9.47 Å². The van der Waals surface area contributed by atoms with Gasteiger partial charge in [-0.2, -0.15) is 0 Å². The van der Waals surface area contributed by atoms with Gasteiger partial charge in [0.25, 0.3) is 0 Å². The van der Waals surface area contributed by atoms with Gasteiger partial charge in [-0.05, 0) is 67.5 Å². The monoisotopic (exact) mass is 537 g/mol. The zero-order valence-electron chi connectivity index (χ0n) is 21.7. The van der Waals surface area contributed by atoms with E-state index in [9.17, 15) is 14.7 Å². The fraction of sp³-hybridized carbons (Fsp3) is 0.333. The van der Waals surface area contributed by atoms with E-state index in [-0.39, 0.29) is 6.42 Å². The van der Waals surface area contributed by atoms with Gasteiger partial charge in [-0.15, -0.1) is 11.8 Å². The Balaban J connectivity index is 1.49. The van der Waals surface area contributed by atoms with Gasteiger partial charge in [0.05, 0.1) is 6.54 Å². The molecule has 38 heavy (non-hydrogen) atoms. The summed E-state index contributed by atoms with van der Waals surface area (Å²) in [5.41, 5.74) is 0.847. The smallest absolute Gasteiger partial charge is 0.415 e. The van der Waals surface area contributed by atoms with Crippen LogP contribution in [0.4, 0.5) is 4.79 Å². The van der Waals surface area contributed by atoms with Gasteiger partial charge in [-0.1, -0.05) is 48.5 Å². The van der Waals surface area contributed by atoms with E-state index in [0.717, 1.165) is 24.2 Å². The number of aliphatic carboxylic acids is 1. The number of para-hydroxylation sites is 1. The third-order valence-corrected chi connectivity index (χ3v) is 6.76. The third-order valence-electron chi connectivity index (χ3n) is 5.66. The average Bonchev–Trinajstić information content (AvgIpc) is 2.93. The van der Waals surface area contributed by atoms with Gasteiger partial charge in [0.2, 0.25) is 0 Å². The summed E-state index contributed by atoms with van der Waals surface area (Å²) in [5, 5.41) is 9.28. The van der Waals surface area contributed by atoms with E-state index in [4.69, 9.17) is 14.2 Å². The Morgan fingerprint density at radius 3 is 2.21 bits per heavy atom. The van der Waals surface area contributed by atoms with Crippen molar-refractivity contribution in [3.05, 3.63) is 90.5 Å². The molecule has 0 fully saturated rings. The lowest BCUT2D eigenvalue weighted by Gasteiger charge is -2.22. The largest absolute Gasteiger partial charge is 0.492 e. The number of unbranched alkanes of at least 4 members (excludes halogenated alkanes) is 1. The molecule has 8 heteroatoms. The number of carboxylic acid groups (broad SMARTS) is 1. The van der Waals surface area contributed by atoms with Crippen LogP contribution in [0.1, 0.15) is 25.3 Å². The standard InChI is InChI=1S/C30H35NO6S/c1-2-35-28(29(32)33)23-24-15-17-25(18-16-24)36-21-20-31(30(34)37-26-11-5-3-6-12-26)19-9-10-22-38-27-13-7-4-8-14-27/h3-8,11-18,28H,2,9-10,19-23H2,1H3,(H,32,33). The summed E-state index contributed by atoms with van der Waals surface area (Å²) in [6.07, 6.45) is 0.827. The number of hydrogen-bond acceptors (Lipinski definition) is 6. The minimum Gasteiger partial charge on any atom is -0.492 e. The van der Waals surface area contributed by atoms with Crippen LogP contribution in [0.3, 0.4) is 0 Å². The van der Waals surface area contributed by atoms with Crippen LogP contribution in [-0.4, -0.2) is 60.2 Å². The van der Waals surface area contributed by atoms with E-state index >= 15 is 0 Å². The van der Waals surface area contributed by atoms with Gasteiger partial charge in [0.15, 0.2) is 6.10 Å². The van der Waals surface area contributed by atoms with Crippen molar-refractivity contribution in [1.29, 1.82) is 0 Å². The second kappa shape index (κ2) is 16.4. The average molecular weight is 538 g/mol. The number of carbonyl (C=O) groups excluding carboxylic acids is 1. The van der Waals surface area contributed by atoms with E-state index in [0.29, 0.717) is 37.8 Å². The van der Waals surface area contributed by atoms with Gasteiger partial charge in [-0.3, -0.25) is 0 Å². The highest BCUT2D eigenvalue weighted by molar-refractivity contribution is 7.99. The highest BCUT2D eigenvalue weighted by Crippen LogP contribution is 2.19. The van der Waals surface area contributed by atoms with Crippen molar-refractivity contribution in [2.75, 3.05) is 32.1 Å². The van der Waals surface area contributed by atoms with Gasteiger partial charge in [0.1, 0.15) is 18.1 Å². The number of amides is 1. The molecule has 0 aromatic heterocycles. The van der Waals surface area contributed by atoms with E-state index < -0.39 is 18.2 Å². The summed E-state index contributed by atoms with van der Waals surface area (Å²) in [6.45, 7) is 3.36. The number of benzene rings is 3. The molecular weight excluding hydrogens is 502 g/mol. The first-order valence-corrected chi connectivity index (χ1v) is 13.8. The zero-order valence-corrected chi connectivity index (χ0v) is 22.5. The second-order valence-electron chi connectivity index (χ2n) is 8.52. The Morgan fingerprint density at radius 1 is 0.868 bits per heavy atom. The van der Waals surface area contributed by atoms with Crippen LogP contribution in [0.2, 0.25) is 0 Å². The molecule has 0 spiro atoms. The first-order valence-electron chi connectivity index (χ1n) is 12.8. The molecule has 7 nitrogen and oxygen atoms in total. The lowest BCUT2D eigenvalue weighted by Crippen LogP contribution is -2.37. The molecule has 1 amide bonds. The second-order valence-corrected chi connectivity index (χ2v) is 9.68. The fourth-order valence-electron chi connectivity index (χ4n) is 3.69. The number of rotatable bonds is 16. The van der Waals surface area contributed by atoms with Crippen molar-refractivity contribution >= 4 is 23.8 Å². The SMILES string of the molecule is CCOC(Cc1ccc(OCCN(CCCCSc2ccccc2)C(=O)Oc2ccccc2)cc1)C(=O)O. The van der Waals surface area contributed by atoms with E-state index in [1.807, 2.05) is 60.3 Å². The molecule has 3 aromatic rings. The maximum absolute atomic E-state index is 12.9.